The van der Waals surface area contributed by atoms with Crippen LogP contribution in [0.5, 0.6) is 0 Å². The molecule has 0 N–H and O–H groups in total. The molecule has 4 nitrogen and oxygen atoms in total. The van der Waals surface area contributed by atoms with Gasteiger partial charge in [-0.05, 0) is 0 Å². The third kappa shape index (κ3) is 5.79. The van der Waals surface area contributed by atoms with Crippen LogP contribution >= 0.6 is 11.6 Å². The molecular weight excluding hydrogens is 204 g/mol. The van der Waals surface area contributed by atoms with Crippen LogP contribution in [-0.4, -0.2) is 43.5 Å². The van der Waals surface area contributed by atoms with Gasteiger partial charge in [0.1, 0.15) is 0 Å². The second kappa shape index (κ2) is 8.79. The van der Waals surface area contributed by atoms with E-state index in [0.29, 0.717) is 38.4 Å². The third-order valence-electron chi connectivity index (χ3n) is 1.72. The Bertz CT molecular complexity index is 203. The van der Waals surface area contributed by atoms with Gasteiger partial charge in [-0.15, -0.1) is 11.6 Å². The van der Waals surface area contributed by atoms with Gasteiger partial charge in [-0.3, -0.25) is 4.79 Å². The van der Waals surface area contributed by atoms with E-state index in [1.54, 1.807) is 12.0 Å². The normalized spacial score (nSPS) is 9.50. The van der Waals surface area contributed by atoms with Crippen LogP contribution in [-0.2, 0) is 9.53 Å². The lowest BCUT2D eigenvalue weighted by Gasteiger charge is -2.20. The summed E-state index contributed by atoms with van der Waals surface area (Å²) < 4.78 is 4.87. The van der Waals surface area contributed by atoms with Gasteiger partial charge in [0.25, 0.3) is 0 Å². The number of carbonyl (C=O) groups excluding carboxylic acids is 1. The summed E-state index contributed by atoms with van der Waals surface area (Å²) in [6.07, 6.45) is 0.661. The highest BCUT2D eigenvalue weighted by atomic mass is 35.5. The Hall–Kier alpha value is -0.790. The number of carbonyl (C=O) groups is 1. The van der Waals surface area contributed by atoms with Gasteiger partial charge in [0.05, 0.1) is 19.1 Å². The molecule has 0 aliphatic rings. The van der Waals surface area contributed by atoms with Crippen LogP contribution in [0.25, 0.3) is 0 Å². The summed E-state index contributed by atoms with van der Waals surface area (Å²) in [5, 5.41) is 8.41. The molecule has 0 bridgehead atoms. The van der Waals surface area contributed by atoms with E-state index in [1.165, 1.54) is 0 Å². The fourth-order valence-electron chi connectivity index (χ4n) is 0.987. The monoisotopic (exact) mass is 218 g/mol. The summed E-state index contributed by atoms with van der Waals surface area (Å²) in [4.78, 5) is 13.0. The SMILES string of the molecule is COCCN(CCC#N)C(=O)CCCl. The molecule has 14 heavy (non-hydrogen) atoms. The highest BCUT2D eigenvalue weighted by Crippen LogP contribution is 1.98. The van der Waals surface area contributed by atoms with Crippen molar-refractivity contribution in [2.45, 2.75) is 12.8 Å². The molecule has 5 heteroatoms. The number of methoxy groups -OCH3 is 1. The summed E-state index contributed by atoms with van der Waals surface area (Å²) in [7, 11) is 1.58. The van der Waals surface area contributed by atoms with E-state index in [2.05, 4.69) is 0 Å². The van der Waals surface area contributed by atoms with Crippen molar-refractivity contribution in [1.29, 1.82) is 5.26 Å². The molecule has 0 radical (unpaired) electrons. The molecule has 0 fully saturated rings. The lowest BCUT2D eigenvalue weighted by Crippen LogP contribution is -2.34. The van der Waals surface area contributed by atoms with Crippen LogP contribution in [0.1, 0.15) is 12.8 Å². The van der Waals surface area contributed by atoms with Gasteiger partial charge >= 0.3 is 0 Å². The summed E-state index contributed by atoms with van der Waals surface area (Å²) in [6, 6.07) is 2.00. The van der Waals surface area contributed by atoms with Gasteiger partial charge in [0.15, 0.2) is 0 Å². The zero-order valence-corrected chi connectivity index (χ0v) is 9.09. The Labute approximate surface area is 89.4 Å². The summed E-state index contributed by atoms with van der Waals surface area (Å²) in [5.74, 6) is 0.293. The number of nitrogens with zero attached hydrogens (tertiary/aromatic N) is 2. The number of ether oxygens (including phenoxy) is 1. The predicted molar refractivity (Wildman–Crippen MR) is 54.0 cm³/mol. The van der Waals surface area contributed by atoms with E-state index in [0.717, 1.165) is 0 Å². The average Bonchev–Trinajstić information content (AvgIpc) is 2.18. The molecule has 0 heterocycles. The minimum absolute atomic E-state index is 0.0210. The van der Waals surface area contributed by atoms with Crippen LogP contribution in [0.4, 0.5) is 0 Å². The maximum absolute atomic E-state index is 11.4. The van der Waals surface area contributed by atoms with E-state index in [9.17, 15) is 4.79 Å². The first-order valence-electron chi connectivity index (χ1n) is 4.46. The first-order chi connectivity index (χ1) is 6.76. The first kappa shape index (κ1) is 13.2. The standard InChI is InChI=1S/C9H15ClN2O2/c1-14-8-7-12(6-2-5-11)9(13)3-4-10/h2-4,6-8H2,1H3. The highest BCUT2D eigenvalue weighted by Gasteiger charge is 2.11. The quantitative estimate of drug-likeness (QED) is 0.600. The minimum Gasteiger partial charge on any atom is -0.383 e. The molecule has 0 aliphatic heterocycles. The highest BCUT2D eigenvalue weighted by molar-refractivity contribution is 6.18. The van der Waals surface area contributed by atoms with Crippen LogP contribution in [0.15, 0.2) is 0 Å². The number of hydrogen-bond donors (Lipinski definition) is 0. The topological polar surface area (TPSA) is 53.3 Å². The molecule has 0 saturated heterocycles. The van der Waals surface area contributed by atoms with Crippen molar-refractivity contribution in [3.63, 3.8) is 0 Å². The molecule has 0 aliphatic carbocycles. The molecule has 1 amide bonds. The van der Waals surface area contributed by atoms with E-state index in [1.807, 2.05) is 6.07 Å². The largest absolute Gasteiger partial charge is 0.383 e. The molecule has 0 aromatic heterocycles. The van der Waals surface area contributed by atoms with E-state index in [-0.39, 0.29) is 5.91 Å². The van der Waals surface area contributed by atoms with Gasteiger partial charge in [-0.1, -0.05) is 0 Å². The fraction of sp³-hybridized carbons (Fsp3) is 0.778. The van der Waals surface area contributed by atoms with Gasteiger partial charge in [0, 0.05) is 32.5 Å². The Kier molecular flexibility index (Phi) is 8.30. The number of halogens is 1. The van der Waals surface area contributed by atoms with Crippen LogP contribution < -0.4 is 0 Å². The molecule has 0 aromatic carbocycles. The smallest absolute Gasteiger partial charge is 0.223 e. The number of nitriles is 1. The number of hydrogen-bond acceptors (Lipinski definition) is 3. The summed E-state index contributed by atoms with van der Waals surface area (Å²) >= 11 is 5.46. The number of amides is 1. The van der Waals surface area contributed by atoms with Gasteiger partial charge < -0.3 is 9.64 Å². The molecule has 0 rings (SSSR count). The van der Waals surface area contributed by atoms with Crippen molar-refractivity contribution >= 4 is 17.5 Å². The van der Waals surface area contributed by atoms with Gasteiger partial charge in [-0.2, -0.15) is 5.26 Å². The first-order valence-corrected chi connectivity index (χ1v) is 4.99. The maximum atomic E-state index is 11.4. The number of rotatable bonds is 7. The zero-order chi connectivity index (χ0) is 10.8. The van der Waals surface area contributed by atoms with Crippen LogP contribution in [0, 0.1) is 11.3 Å². The van der Waals surface area contributed by atoms with Crippen molar-refractivity contribution in [3.05, 3.63) is 0 Å². The van der Waals surface area contributed by atoms with Gasteiger partial charge in [-0.25, -0.2) is 0 Å². The second-order valence-electron chi connectivity index (χ2n) is 2.72. The molecule has 0 saturated carbocycles. The summed E-state index contributed by atoms with van der Waals surface area (Å²) in [5.41, 5.74) is 0. The van der Waals surface area contributed by atoms with E-state index < -0.39 is 0 Å². The average molecular weight is 219 g/mol. The lowest BCUT2D eigenvalue weighted by atomic mass is 10.3. The molecule has 0 unspecified atom stereocenters. The zero-order valence-electron chi connectivity index (χ0n) is 8.33. The van der Waals surface area contributed by atoms with E-state index >= 15 is 0 Å². The van der Waals surface area contributed by atoms with Crippen molar-refractivity contribution in [3.8, 4) is 6.07 Å². The third-order valence-corrected chi connectivity index (χ3v) is 1.91. The Morgan fingerprint density at radius 2 is 2.29 bits per heavy atom. The van der Waals surface area contributed by atoms with Crippen molar-refractivity contribution in [2.24, 2.45) is 0 Å². The van der Waals surface area contributed by atoms with Crippen molar-refractivity contribution in [2.75, 3.05) is 32.7 Å². The predicted octanol–water partition coefficient (Wildman–Crippen LogP) is 1.00. The minimum atomic E-state index is -0.0210. The Morgan fingerprint density at radius 3 is 2.79 bits per heavy atom. The van der Waals surface area contributed by atoms with Crippen LogP contribution in [0.3, 0.4) is 0 Å². The molecular formula is C9H15ClN2O2. The molecule has 0 aromatic rings. The Balaban J connectivity index is 3.95. The molecule has 0 spiro atoms. The van der Waals surface area contributed by atoms with Crippen molar-refractivity contribution < 1.29 is 9.53 Å². The molecule has 80 valence electrons. The Morgan fingerprint density at radius 1 is 1.57 bits per heavy atom. The van der Waals surface area contributed by atoms with Gasteiger partial charge in [0.2, 0.25) is 5.91 Å². The van der Waals surface area contributed by atoms with Crippen LogP contribution in [0.2, 0.25) is 0 Å². The lowest BCUT2D eigenvalue weighted by molar-refractivity contribution is -0.131. The van der Waals surface area contributed by atoms with Crippen molar-refractivity contribution in [1.82, 2.24) is 4.90 Å². The fourth-order valence-corrected chi connectivity index (χ4v) is 1.15. The molecule has 0 atom stereocenters. The number of alkyl halides is 1. The van der Waals surface area contributed by atoms with E-state index in [4.69, 9.17) is 21.6 Å². The summed E-state index contributed by atoms with van der Waals surface area (Å²) in [6.45, 7) is 1.46. The maximum Gasteiger partial charge on any atom is 0.223 e. The second-order valence-corrected chi connectivity index (χ2v) is 3.10.